The molecule has 0 saturated heterocycles. The number of nitrogens with two attached hydrogens (primary N) is 1. The Hall–Kier alpha value is -2.01. The molecule has 0 radical (unpaired) electrons. The van der Waals surface area contributed by atoms with Crippen molar-refractivity contribution in [1.82, 2.24) is 15.0 Å². The summed E-state index contributed by atoms with van der Waals surface area (Å²) in [6, 6.07) is 9.93. The van der Waals surface area contributed by atoms with Crippen molar-refractivity contribution in [1.29, 1.82) is 0 Å². The molecule has 21 heavy (non-hydrogen) atoms. The van der Waals surface area contributed by atoms with E-state index in [1.165, 1.54) is 0 Å². The van der Waals surface area contributed by atoms with Gasteiger partial charge in [0.15, 0.2) is 5.82 Å². The van der Waals surface area contributed by atoms with E-state index in [2.05, 4.69) is 44.7 Å². The highest BCUT2D eigenvalue weighted by atomic mass is 79.9. The summed E-state index contributed by atoms with van der Waals surface area (Å²) in [6.07, 6.45) is 1.78. The van der Waals surface area contributed by atoms with Crippen molar-refractivity contribution in [2.24, 2.45) is 0 Å². The van der Waals surface area contributed by atoms with Crippen LogP contribution >= 0.6 is 15.9 Å². The predicted molar refractivity (Wildman–Crippen MR) is 89.0 cm³/mol. The predicted octanol–water partition coefficient (Wildman–Crippen LogP) is 4.16. The first-order valence-corrected chi connectivity index (χ1v) is 7.53. The van der Waals surface area contributed by atoms with Crippen LogP contribution in [-0.2, 0) is 0 Å². The van der Waals surface area contributed by atoms with Gasteiger partial charge in [0, 0.05) is 17.1 Å². The molecule has 0 aliphatic heterocycles. The van der Waals surface area contributed by atoms with E-state index in [4.69, 9.17) is 5.73 Å². The van der Waals surface area contributed by atoms with E-state index in [0.29, 0.717) is 11.6 Å². The van der Waals surface area contributed by atoms with Crippen LogP contribution in [0.3, 0.4) is 0 Å². The van der Waals surface area contributed by atoms with Gasteiger partial charge < -0.3 is 5.73 Å². The van der Waals surface area contributed by atoms with Gasteiger partial charge in [-0.15, -0.1) is 0 Å². The molecule has 0 unspecified atom stereocenters. The molecule has 0 aliphatic rings. The number of pyridine rings is 1. The Morgan fingerprint density at radius 2 is 1.95 bits per heavy atom. The van der Waals surface area contributed by atoms with E-state index in [-0.39, 0.29) is 5.92 Å². The third kappa shape index (κ3) is 2.61. The van der Waals surface area contributed by atoms with E-state index < -0.39 is 0 Å². The van der Waals surface area contributed by atoms with Crippen LogP contribution in [0.15, 0.2) is 41.0 Å². The molecule has 3 rings (SSSR count). The Kier molecular flexibility index (Phi) is 3.59. The molecular weight excluding hydrogens is 328 g/mol. The summed E-state index contributed by atoms with van der Waals surface area (Å²) in [7, 11) is 0. The molecule has 0 spiro atoms. The van der Waals surface area contributed by atoms with Gasteiger partial charge in [-0.2, -0.15) is 0 Å². The largest absolute Gasteiger partial charge is 0.383 e. The van der Waals surface area contributed by atoms with Crippen molar-refractivity contribution in [2.45, 2.75) is 19.8 Å². The normalized spacial score (nSPS) is 11.2. The lowest BCUT2D eigenvalue weighted by Crippen LogP contribution is -2.04. The molecule has 5 heteroatoms. The summed E-state index contributed by atoms with van der Waals surface area (Å²) in [5.74, 6) is 1.38. The Bertz CT molecular complexity index is 814. The topological polar surface area (TPSA) is 64.7 Å². The smallest absolute Gasteiger partial charge is 0.161 e. The fourth-order valence-corrected chi connectivity index (χ4v) is 2.84. The first-order valence-electron chi connectivity index (χ1n) is 6.74. The fourth-order valence-electron chi connectivity index (χ4n) is 2.21. The number of fused-ring (bicyclic) bond motifs is 1. The second kappa shape index (κ2) is 5.41. The maximum Gasteiger partial charge on any atom is 0.161 e. The van der Waals surface area contributed by atoms with E-state index in [1.54, 1.807) is 6.20 Å². The molecular formula is C16H15BrN4. The van der Waals surface area contributed by atoms with Gasteiger partial charge in [0.25, 0.3) is 0 Å². The Labute approximate surface area is 131 Å². The van der Waals surface area contributed by atoms with Gasteiger partial charge in [0.05, 0.1) is 15.7 Å². The maximum absolute atomic E-state index is 6.00. The first kappa shape index (κ1) is 13.9. The highest BCUT2D eigenvalue weighted by Crippen LogP contribution is 2.30. The number of anilines is 1. The van der Waals surface area contributed by atoms with Crippen molar-refractivity contribution in [2.75, 3.05) is 5.73 Å². The van der Waals surface area contributed by atoms with Crippen LogP contribution in [0, 0.1) is 0 Å². The Balaban J connectivity index is 2.18. The van der Waals surface area contributed by atoms with Crippen LogP contribution in [0.25, 0.3) is 22.3 Å². The molecule has 4 nitrogen and oxygen atoms in total. The van der Waals surface area contributed by atoms with Crippen molar-refractivity contribution in [3.05, 3.63) is 46.7 Å². The number of nitrogens with zero attached hydrogens (tertiary/aromatic N) is 3. The number of hydrogen-bond donors (Lipinski definition) is 1. The summed E-state index contributed by atoms with van der Waals surface area (Å²) < 4.78 is 0.781. The molecule has 0 amide bonds. The summed E-state index contributed by atoms with van der Waals surface area (Å²) >= 11 is 3.47. The standard InChI is InChI=1S/C16H15BrN4/c1-9(2)14-13(17)15(18)21-16(20-14)11-5-6-12-10(8-11)4-3-7-19-12/h3-9H,1-2H3,(H2,18,20,21). The quantitative estimate of drug-likeness (QED) is 0.759. The van der Waals surface area contributed by atoms with Crippen LogP contribution in [0.1, 0.15) is 25.5 Å². The van der Waals surface area contributed by atoms with Crippen LogP contribution in [-0.4, -0.2) is 15.0 Å². The Morgan fingerprint density at radius 1 is 1.14 bits per heavy atom. The van der Waals surface area contributed by atoms with Crippen LogP contribution in [0.5, 0.6) is 0 Å². The molecule has 1 aromatic carbocycles. The zero-order valence-corrected chi connectivity index (χ0v) is 13.4. The van der Waals surface area contributed by atoms with Crippen LogP contribution in [0.4, 0.5) is 5.82 Å². The third-order valence-electron chi connectivity index (χ3n) is 3.31. The van der Waals surface area contributed by atoms with Gasteiger partial charge in [-0.1, -0.05) is 19.9 Å². The molecule has 0 bridgehead atoms. The monoisotopic (exact) mass is 342 g/mol. The SMILES string of the molecule is CC(C)c1nc(-c2ccc3ncccc3c2)nc(N)c1Br. The molecule has 2 aromatic heterocycles. The summed E-state index contributed by atoms with van der Waals surface area (Å²) in [6.45, 7) is 4.17. The molecule has 0 atom stereocenters. The average molecular weight is 343 g/mol. The van der Waals surface area contributed by atoms with Crippen molar-refractivity contribution >= 4 is 32.7 Å². The van der Waals surface area contributed by atoms with Gasteiger partial charge in [-0.25, -0.2) is 9.97 Å². The lowest BCUT2D eigenvalue weighted by molar-refractivity contribution is 0.811. The number of rotatable bonds is 2. The van der Waals surface area contributed by atoms with Gasteiger partial charge in [0.1, 0.15) is 5.82 Å². The van der Waals surface area contributed by atoms with E-state index in [0.717, 1.165) is 26.6 Å². The first-order chi connectivity index (χ1) is 10.1. The van der Waals surface area contributed by atoms with E-state index in [9.17, 15) is 0 Å². The average Bonchev–Trinajstić information content (AvgIpc) is 2.49. The Morgan fingerprint density at radius 3 is 2.71 bits per heavy atom. The molecule has 0 aliphatic carbocycles. The summed E-state index contributed by atoms with van der Waals surface area (Å²) in [4.78, 5) is 13.4. The van der Waals surface area contributed by atoms with Crippen molar-refractivity contribution in [3.63, 3.8) is 0 Å². The lowest BCUT2D eigenvalue weighted by Gasteiger charge is -2.11. The van der Waals surface area contributed by atoms with Gasteiger partial charge in [-0.3, -0.25) is 4.98 Å². The highest BCUT2D eigenvalue weighted by Gasteiger charge is 2.14. The second-order valence-corrected chi connectivity index (χ2v) is 5.99. The number of benzene rings is 1. The maximum atomic E-state index is 6.00. The summed E-state index contributed by atoms with van der Waals surface area (Å²) in [5, 5.41) is 1.06. The molecule has 0 fully saturated rings. The number of aromatic nitrogens is 3. The molecule has 2 heterocycles. The minimum absolute atomic E-state index is 0.269. The molecule has 3 aromatic rings. The van der Waals surface area contributed by atoms with Crippen LogP contribution in [0.2, 0.25) is 0 Å². The number of halogens is 1. The van der Waals surface area contributed by atoms with E-state index >= 15 is 0 Å². The summed E-state index contributed by atoms with van der Waals surface area (Å²) in [5.41, 5.74) is 8.81. The minimum atomic E-state index is 0.269. The molecule has 2 N–H and O–H groups in total. The third-order valence-corrected chi connectivity index (χ3v) is 4.12. The minimum Gasteiger partial charge on any atom is -0.383 e. The number of nitrogen functional groups attached to an aromatic ring is 1. The van der Waals surface area contributed by atoms with Gasteiger partial charge >= 0.3 is 0 Å². The zero-order chi connectivity index (χ0) is 15.0. The molecule has 0 saturated carbocycles. The number of hydrogen-bond acceptors (Lipinski definition) is 4. The van der Waals surface area contributed by atoms with Gasteiger partial charge in [0.2, 0.25) is 0 Å². The zero-order valence-electron chi connectivity index (χ0n) is 11.8. The van der Waals surface area contributed by atoms with Crippen molar-refractivity contribution < 1.29 is 0 Å². The van der Waals surface area contributed by atoms with Crippen LogP contribution < -0.4 is 5.73 Å². The fraction of sp³-hybridized carbons (Fsp3) is 0.188. The lowest BCUT2D eigenvalue weighted by atomic mass is 10.1. The van der Waals surface area contributed by atoms with Crippen molar-refractivity contribution in [3.8, 4) is 11.4 Å². The van der Waals surface area contributed by atoms with E-state index in [1.807, 2.05) is 30.3 Å². The second-order valence-electron chi connectivity index (χ2n) is 5.20. The highest BCUT2D eigenvalue weighted by molar-refractivity contribution is 9.10. The van der Waals surface area contributed by atoms with Gasteiger partial charge in [-0.05, 0) is 46.1 Å². The molecule has 106 valence electrons.